The first kappa shape index (κ1) is 63.1. The van der Waals surface area contributed by atoms with Gasteiger partial charge in [0, 0.05) is 102 Å². The third-order valence-corrected chi connectivity index (χ3v) is 20.7. The molecule has 2 aliphatic carbocycles. The summed E-state index contributed by atoms with van der Waals surface area (Å²) in [6.45, 7) is 13.1. The Morgan fingerprint density at radius 3 is 1.37 bits per heavy atom. The lowest BCUT2D eigenvalue weighted by molar-refractivity contribution is -0.117. The highest BCUT2D eigenvalue weighted by Crippen LogP contribution is 2.48. The van der Waals surface area contributed by atoms with Crippen LogP contribution in [0, 0.1) is 0 Å². The molecule has 1 N–H and O–H groups in total. The zero-order valence-corrected chi connectivity index (χ0v) is 54.1. The van der Waals surface area contributed by atoms with Crippen LogP contribution in [-0.2, 0) is 45.6 Å². The van der Waals surface area contributed by atoms with Crippen molar-refractivity contribution in [1.29, 1.82) is 0 Å². The third kappa shape index (κ3) is 14.2. The number of benzene rings is 4. The zero-order valence-electron chi connectivity index (χ0n) is 51.7. The number of phenolic OH excluding ortho intramolecular Hbond substituents is 1. The molecule has 14 nitrogen and oxygen atoms in total. The maximum Gasteiger partial charge on any atom is 0.223 e. The number of carbonyl (C=O) groups is 4. The number of aryl methyl sites for hydroxylation is 2. The number of rotatable bonds is 14. The summed E-state index contributed by atoms with van der Waals surface area (Å²) < 4.78 is 24.3. The van der Waals surface area contributed by atoms with Gasteiger partial charge in [0.25, 0.3) is 0 Å². The molecule has 0 radical (unpaired) electrons. The van der Waals surface area contributed by atoms with E-state index in [0.29, 0.717) is 37.5 Å². The molecule has 87 heavy (non-hydrogen) atoms. The largest absolute Gasteiger partial charge is 0.508 e. The number of fused-ring (bicyclic) bond motifs is 2. The van der Waals surface area contributed by atoms with Gasteiger partial charge in [-0.25, -0.2) is 0 Å². The number of hydrogen-bond donors (Lipinski definition) is 1. The van der Waals surface area contributed by atoms with E-state index in [4.69, 9.17) is 25.8 Å². The van der Waals surface area contributed by atoms with Crippen LogP contribution in [0.25, 0.3) is 42.9 Å². The monoisotopic (exact) mass is 1230 g/mol. The standard InChI is InChI=1S/C35H41N3O4S.C21H23NO2S.C14H19ClN2O2/c1-23(39)32-21-31-35(43-32)33(25-8-6-5-7-9-25)34(37(31)4)26-10-13-29(14-11-26)42-22-27-20-28(36(3)24(2)40)12-15-30(27)38-16-18-41-19-17-38;1-13(23)18-12-17-21(25-18)19(14-6-4-3-5-7-14)20(22(17)2)15-8-10-16(24)11-9-15;1-11(18)16(2)13-3-4-14(12(9-13)10-15)17-5-7-19-8-6-17/h10-15,20-21,25H,5-9,16-19,22H2,1-4H3;8-12,14,24H,3-7H2,1-2H3;3-4,9H,5-8,10H2,1-2H3. The summed E-state index contributed by atoms with van der Waals surface area (Å²) in [7, 11) is 7.78. The predicted octanol–water partition coefficient (Wildman–Crippen LogP) is 15.7. The molecule has 4 aromatic carbocycles. The zero-order chi connectivity index (χ0) is 61.5. The van der Waals surface area contributed by atoms with Gasteiger partial charge < -0.3 is 48.1 Å². The smallest absolute Gasteiger partial charge is 0.223 e. The minimum atomic E-state index is -0.00719. The fourth-order valence-electron chi connectivity index (χ4n) is 12.9. The Labute approximate surface area is 525 Å². The second-order valence-electron chi connectivity index (χ2n) is 23.5. The van der Waals surface area contributed by atoms with Crippen LogP contribution in [0.15, 0.2) is 97.1 Å². The number of ether oxygens (including phenoxy) is 3. The van der Waals surface area contributed by atoms with Crippen molar-refractivity contribution in [3.63, 3.8) is 0 Å². The maximum absolute atomic E-state index is 12.2. The molecule has 2 amide bonds. The van der Waals surface area contributed by atoms with E-state index in [9.17, 15) is 24.3 Å². The van der Waals surface area contributed by atoms with Crippen molar-refractivity contribution in [2.24, 2.45) is 14.1 Å². The summed E-state index contributed by atoms with van der Waals surface area (Å²) in [6.07, 6.45) is 12.5. The molecule has 0 unspecified atom stereocenters. The van der Waals surface area contributed by atoms with Crippen molar-refractivity contribution < 1.29 is 38.5 Å². The Morgan fingerprint density at radius 2 is 0.966 bits per heavy atom. The normalized spacial score (nSPS) is 15.8. The Kier molecular flexibility index (Phi) is 20.6. The molecule has 8 aromatic rings. The van der Waals surface area contributed by atoms with Crippen molar-refractivity contribution in [3.05, 3.63) is 129 Å². The Morgan fingerprint density at radius 1 is 0.563 bits per heavy atom. The van der Waals surface area contributed by atoms with E-state index in [0.717, 1.165) is 105 Å². The van der Waals surface area contributed by atoms with Crippen molar-refractivity contribution in [2.45, 2.75) is 116 Å². The number of halogens is 1. The van der Waals surface area contributed by atoms with Crippen LogP contribution < -0.4 is 24.3 Å². The molecule has 4 aliphatic rings. The number of carbonyl (C=O) groups excluding carboxylic acids is 4. The van der Waals surface area contributed by atoms with Crippen LogP contribution >= 0.6 is 34.3 Å². The van der Waals surface area contributed by atoms with E-state index in [1.807, 2.05) is 42.5 Å². The Bertz CT molecular complexity index is 3730. The number of anilines is 4. The molecule has 4 fully saturated rings. The Balaban J connectivity index is 0.000000160. The van der Waals surface area contributed by atoms with Gasteiger partial charge in [-0.3, -0.25) is 19.2 Å². The second-order valence-corrected chi connectivity index (χ2v) is 25.9. The molecule has 12 rings (SSSR count). The average molecular weight is 1240 g/mol. The minimum Gasteiger partial charge on any atom is -0.508 e. The maximum atomic E-state index is 12.2. The van der Waals surface area contributed by atoms with E-state index in [1.165, 1.54) is 102 Å². The SMILES string of the molecule is CC(=O)N(C)c1ccc(N2CCOCC2)c(CCl)c1.CC(=O)c1cc2c(s1)c(C1CCCCC1)c(-c1ccc(O)cc1)n2C.CC(=O)c1cc2c(s1)c(C1CCCCC1)c(-c1ccc(OCc3cc(N(C)C(C)=O)ccc3N3CCOCC3)cc1)n2C. The number of alkyl halides is 1. The van der Waals surface area contributed by atoms with Gasteiger partial charge >= 0.3 is 0 Å². The summed E-state index contributed by atoms with van der Waals surface area (Å²) in [5, 5.41) is 9.65. The number of ketones is 2. The first-order valence-corrected chi connectivity index (χ1v) is 32.9. The van der Waals surface area contributed by atoms with Crippen LogP contribution in [0.5, 0.6) is 11.5 Å². The second kappa shape index (κ2) is 28.5. The van der Waals surface area contributed by atoms with Gasteiger partial charge in [-0.2, -0.15) is 0 Å². The average Bonchev–Trinajstić information content (AvgIpc) is 1.77. The fraction of sp³-hybridized carbons (Fsp3) is 0.429. The molecule has 17 heteroatoms. The highest BCUT2D eigenvalue weighted by Gasteiger charge is 2.30. The van der Waals surface area contributed by atoms with E-state index in [-0.39, 0.29) is 29.1 Å². The molecule has 4 aromatic heterocycles. The molecule has 6 heterocycles. The van der Waals surface area contributed by atoms with Crippen molar-refractivity contribution in [3.8, 4) is 34.0 Å². The lowest BCUT2D eigenvalue weighted by Gasteiger charge is -2.31. The molecule has 2 saturated heterocycles. The molecule has 0 spiro atoms. The van der Waals surface area contributed by atoms with Crippen molar-refractivity contribution in [2.75, 3.05) is 86.3 Å². The first-order valence-electron chi connectivity index (χ1n) is 30.8. The van der Waals surface area contributed by atoms with Crippen molar-refractivity contribution in [1.82, 2.24) is 9.13 Å². The molecular formula is C70H83ClN6O8S2. The third-order valence-electron chi connectivity index (χ3n) is 17.9. The number of phenols is 1. The lowest BCUT2D eigenvalue weighted by atomic mass is 9.83. The van der Waals surface area contributed by atoms with Gasteiger partial charge in [-0.15, -0.1) is 34.3 Å². The number of amides is 2. The quantitative estimate of drug-likeness (QED) is 0.0827. The number of nitrogens with zero attached hydrogens (tertiary/aromatic N) is 6. The molecule has 0 bridgehead atoms. The van der Waals surface area contributed by atoms with Crippen LogP contribution in [0.2, 0.25) is 0 Å². The molecule has 2 aliphatic heterocycles. The number of Topliss-reactive ketones (excluding diaryl/α,β-unsaturated/α-hetero) is 2. The van der Waals surface area contributed by atoms with Gasteiger partial charge in [0.05, 0.1) is 68.0 Å². The number of morpholine rings is 2. The number of thiophene rings is 2. The number of hydrogen-bond acceptors (Lipinski definition) is 12. The van der Waals surface area contributed by atoms with E-state index in [1.54, 1.807) is 86.4 Å². The van der Waals surface area contributed by atoms with Crippen molar-refractivity contribution >= 4 is 101 Å². The van der Waals surface area contributed by atoms with Crippen LogP contribution in [0.1, 0.15) is 145 Å². The molecule has 0 atom stereocenters. The summed E-state index contributed by atoms with van der Waals surface area (Å²) in [5.74, 6) is 2.88. The van der Waals surface area contributed by atoms with Gasteiger partial charge in [0.15, 0.2) is 11.6 Å². The van der Waals surface area contributed by atoms with Gasteiger partial charge in [0.2, 0.25) is 11.8 Å². The highest BCUT2D eigenvalue weighted by atomic mass is 35.5. The molecular weight excluding hydrogens is 1150 g/mol. The van der Waals surface area contributed by atoms with E-state index < -0.39 is 0 Å². The summed E-state index contributed by atoms with van der Waals surface area (Å²) in [6, 6.07) is 32.2. The van der Waals surface area contributed by atoms with E-state index in [2.05, 4.69) is 75.5 Å². The number of aromatic hydroxyl groups is 1. The topological polar surface area (TPSA) is 139 Å². The van der Waals surface area contributed by atoms with Crippen LogP contribution in [0.4, 0.5) is 22.7 Å². The lowest BCUT2D eigenvalue weighted by Crippen LogP contribution is -2.37. The molecule has 460 valence electrons. The van der Waals surface area contributed by atoms with Gasteiger partial charge in [0.1, 0.15) is 18.1 Å². The number of aromatic nitrogens is 2. The summed E-state index contributed by atoms with van der Waals surface area (Å²) >= 11 is 9.34. The predicted molar refractivity (Wildman–Crippen MR) is 357 cm³/mol. The first-order chi connectivity index (χ1) is 42.0. The van der Waals surface area contributed by atoms with Crippen LogP contribution in [0.3, 0.4) is 0 Å². The summed E-state index contributed by atoms with van der Waals surface area (Å²) in [5.41, 5.74) is 16.0. The van der Waals surface area contributed by atoms with Gasteiger partial charge in [-0.1, -0.05) is 38.5 Å². The van der Waals surface area contributed by atoms with Gasteiger partial charge in [-0.05, 0) is 176 Å². The summed E-state index contributed by atoms with van der Waals surface area (Å²) in [4.78, 5) is 57.1. The minimum absolute atomic E-state index is 0.00719. The van der Waals surface area contributed by atoms with E-state index >= 15 is 0 Å². The molecule has 2 saturated carbocycles. The fourth-order valence-corrected chi connectivity index (χ4v) is 15.5. The van der Waals surface area contributed by atoms with Crippen LogP contribution in [-0.4, -0.2) is 104 Å². The highest BCUT2D eigenvalue weighted by molar-refractivity contribution is 7.21. The Hall–Kier alpha value is -6.95.